The molecule has 0 radical (unpaired) electrons. The summed E-state index contributed by atoms with van der Waals surface area (Å²) in [4.78, 5) is 14.7. The molecule has 1 atom stereocenters. The van der Waals surface area contributed by atoms with Crippen molar-refractivity contribution in [2.24, 2.45) is 0 Å². The summed E-state index contributed by atoms with van der Waals surface area (Å²) in [7, 11) is -3.72. The molecular weight excluding hydrogens is 292 g/mol. The van der Waals surface area contributed by atoms with E-state index in [1.165, 1.54) is 24.3 Å². The zero-order valence-electron chi connectivity index (χ0n) is 11.2. The van der Waals surface area contributed by atoms with Crippen molar-refractivity contribution in [3.63, 3.8) is 0 Å². The molecule has 110 valence electrons. The van der Waals surface area contributed by atoms with Crippen LogP contribution in [-0.2, 0) is 10.0 Å². The Morgan fingerprint density at radius 2 is 1.90 bits per heavy atom. The Bertz CT molecular complexity index is 727. The second-order valence-corrected chi connectivity index (χ2v) is 6.17. The largest absolute Gasteiger partial charge is 0.478 e. The number of carbonyl (C=O) groups is 1. The molecule has 0 spiro atoms. The first-order valence-corrected chi connectivity index (χ1v) is 7.64. The van der Waals surface area contributed by atoms with E-state index in [0.717, 1.165) is 5.56 Å². The van der Waals surface area contributed by atoms with Gasteiger partial charge in [0.2, 0.25) is 10.0 Å². The third-order valence-electron chi connectivity index (χ3n) is 2.93. The monoisotopic (exact) mass is 306 g/mol. The van der Waals surface area contributed by atoms with Crippen LogP contribution in [-0.4, -0.2) is 24.5 Å². The lowest BCUT2D eigenvalue weighted by Crippen LogP contribution is -2.27. The quantitative estimate of drug-likeness (QED) is 0.878. The molecule has 0 unspecified atom stereocenters. The minimum Gasteiger partial charge on any atom is -0.478 e. The normalized spacial score (nSPS) is 12.8. The zero-order valence-corrected chi connectivity index (χ0v) is 12.0. The molecule has 2 N–H and O–H groups in total. The summed E-state index contributed by atoms with van der Waals surface area (Å²) in [6, 6.07) is 8.10. The van der Waals surface area contributed by atoms with Crippen molar-refractivity contribution in [2.45, 2.75) is 17.9 Å². The number of aromatic carboxylic acids is 1. The van der Waals surface area contributed by atoms with Gasteiger partial charge in [0, 0.05) is 18.4 Å². The number of aromatic nitrogens is 1. The highest BCUT2D eigenvalue weighted by Gasteiger charge is 2.18. The minimum atomic E-state index is -3.72. The molecule has 7 heteroatoms. The third kappa shape index (κ3) is 3.65. The average Bonchev–Trinajstić information content (AvgIpc) is 2.48. The van der Waals surface area contributed by atoms with Gasteiger partial charge in [-0.2, -0.15) is 0 Å². The minimum absolute atomic E-state index is 0.0169. The molecule has 0 bridgehead atoms. The smallest absolute Gasteiger partial charge is 0.335 e. The number of hydrogen-bond donors (Lipinski definition) is 2. The molecule has 2 rings (SSSR count). The molecule has 0 saturated carbocycles. The van der Waals surface area contributed by atoms with Crippen LogP contribution in [0, 0.1) is 0 Å². The van der Waals surface area contributed by atoms with Crippen molar-refractivity contribution < 1.29 is 18.3 Å². The first-order valence-electron chi connectivity index (χ1n) is 6.16. The number of rotatable bonds is 5. The van der Waals surface area contributed by atoms with E-state index in [0.29, 0.717) is 0 Å². The molecule has 1 aromatic carbocycles. The van der Waals surface area contributed by atoms with E-state index in [-0.39, 0.29) is 10.5 Å². The van der Waals surface area contributed by atoms with Crippen molar-refractivity contribution >= 4 is 16.0 Å². The van der Waals surface area contributed by atoms with Crippen molar-refractivity contribution in [3.8, 4) is 0 Å². The summed E-state index contributed by atoms with van der Waals surface area (Å²) in [5.41, 5.74) is 0.775. The van der Waals surface area contributed by atoms with E-state index in [4.69, 9.17) is 5.11 Å². The van der Waals surface area contributed by atoms with Gasteiger partial charge in [-0.05, 0) is 42.8 Å². The highest BCUT2D eigenvalue weighted by molar-refractivity contribution is 7.89. The lowest BCUT2D eigenvalue weighted by atomic mass is 10.2. The van der Waals surface area contributed by atoms with Crippen LogP contribution in [0.4, 0.5) is 0 Å². The Labute approximate surface area is 122 Å². The summed E-state index contributed by atoms with van der Waals surface area (Å²) in [6.45, 7) is 1.71. The molecule has 0 aliphatic carbocycles. The van der Waals surface area contributed by atoms with Crippen molar-refractivity contribution in [1.82, 2.24) is 9.71 Å². The molecule has 0 fully saturated rings. The summed E-state index contributed by atoms with van der Waals surface area (Å²) in [6.07, 6.45) is 3.19. The predicted molar refractivity (Wildman–Crippen MR) is 76.4 cm³/mol. The fraction of sp³-hybridized carbons (Fsp3) is 0.143. The van der Waals surface area contributed by atoms with Crippen molar-refractivity contribution in [3.05, 3.63) is 59.9 Å². The molecule has 0 saturated heterocycles. The van der Waals surface area contributed by atoms with Crippen LogP contribution >= 0.6 is 0 Å². The molecule has 6 nitrogen and oxygen atoms in total. The van der Waals surface area contributed by atoms with Gasteiger partial charge in [-0.15, -0.1) is 0 Å². The molecule has 0 aliphatic heterocycles. The number of benzene rings is 1. The average molecular weight is 306 g/mol. The van der Waals surface area contributed by atoms with Crippen molar-refractivity contribution in [2.75, 3.05) is 0 Å². The van der Waals surface area contributed by atoms with E-state index in [1.54, 1.807) is 31.5 Å². The van der Waals surface area contributed by atoms with Gasteiger partial charge in [-0.25, -0.2) is 17.9 Å². The van der Waals surface area contributed by atoms with Crippen LogP contribution in [0.3, 0.4) is 0 Å². The first kappa shape index (κ1) is 15.1. The Balaban J connectivity index is 2.20. The van der Waals surface area contributed by atoms with Gasteiger partial charge < -0.3 is 5.11 Å². The Hall–Kier alpha value is -2.25. The van der Waals surface area contributed by atoms with Crippen LogP contribution in [0.5, 0.6) is 0 Å². The van der Waals surface area contributed by atoms with Crippen LogP contribution in [0.25, 0.3) is 0 Å². The molecule has 2 aromatic rings. The van der Waals surface area contributed by atoms with E-state index in [1.807, 2.05) is 0 Å². The highest BCUT2D eigenvalue weighted by Crippen LogP contribution is 2.16. The predicted octanol–water partition coefficient (Wildman–Crippen LogP) is 1.82. The molecule has 1 aromatic heterocycles. The van der Waals surface area contributed by atoms with Gasteiger partial charge in [0.15, 0.2) is 0 Å². The Morgan fingerprint density at radius 3 is 2.43 bits per heavy atom. The number of nitrogens with one attached hydrogen (secondary N) is 1. The maximum Gasteiger partial charge on any atom is 0.335 e. The Kier molecular flexibility index (Phi) is 4.35. The van der Waals surface area contributed by atoms with E-state index in [2.05, 4.69) is 9.71 Å². The van der Waals surface area contributed by atoms with Crippen LogP contribution in [0.2, 0.25) is 0 Å². The first-order chi connectivity index (χ1) is 9.90. The van der Waals surface area contributed by atoms with Gasteiger partial charge in [-0.1, -0.05) is 6.07 Å². The number of carboxylic acid groups (broad SMARTS) is 1. The lowest BCUT2D eigenvalue weighted by Gasteiger charge is -2.14. The summed E-state index contributed by atoms with van der Waals surface area (Å²) < 4.78 is 27.0. The van der Waals surface area contributed by atoms with E-state index in [9.17, 15) is 13.2 Å². The zero-order chi connectivity index (χ0) is 15.5. The fourth-order valence-electron chi connectivity index (χ4n) is 1.78. The van der Waals surface area contributed by atoms with Crippen LogP contribution < -0.4 is 4.72 Å². The number of sulfonamides is 1. The number of hydrogen-bond acceptors (Lipinski definition) is 4. The highest BCUT2D eigenvalue weighted by atomic mass is 32.2. The summed E-state index contributed by atoms with van der Waals surface area (Å²) in [5.74, 6) is -1.10. The molecule has 0 amide bonds. The van der Waals surface area contributed by atoms with Gasteiger partial charge in [0.25, 0.3) is 0 Å². The standard InChI is InChI=1S/C14H14N2O4S/c1-10(12-3-2-8-15-9-12)16-21(19,20)13-6-4-11(5-7-13)14(17)18/h2-10,16H,1H3,(H,17,18)/t10-/m1/s1. The maximum absolute atomic E-state index is 12.2. The molecule has 1 heterocycles. The molecule has 21 heavy (non-hydrogen) atoms. The summed E-state index contributed by atoms with van der Waals surface area (Å²) in [5, 5.41) is 8.80. The van der Waals surface area contributed by atoms with Gasteiger partial charge in [0.1, 0.15) is 0 Å². The SMILES string of the molecule is C[C@@H](NS(=O)(=O)c1ccc(C(=O)O)cc1)c1cccnc1. The summed E-state index contributed by atoms with van der Waals surface area (Å²) >= 11 is 0. The van der Waals surface area contributed by atoms with E-state index >= 15 is 0 Å². The van der Waals surface area contributed by atoms with Gasteiger partial charge in [-0.3, -0.25) is 4.98 Å². The van der Waals surface area contributed by atoms with Crippen LogP contribution in [0.15, 0.2) is 53.7 Å². The lowest BCUT2D eigenvalue weighted by molar-refractivity contribution is 0.0696. The maximum atomic E-state index is 12.2. The Morgan fingerprint density at radius 1 is 1.24 bits per heavy atom. The van der Waals surface area contributed by atoms with Crippen LogP contribution in [0.1, 0.15) is 28.9 Å². The van der Waals surface area contributed by atoms with Gasteiger partial charge in [0.05, 0.1) is 10.5 Å². The second kappa shape index (κ2) is 6.02. The van der Waals surface area contributed by atoms with Gasteiger partial charge >= 0.3 is 5.97 Å². The molecular formula is C14H14N2O4S. The third-order valence-corrected chi connectivity index (χ3v) is 4.48. The number of carboxylic acids is 1. The topological polar surface area (TPSA) is 96.4 Å². The fourth-order valence-corrected chi connectivity index (χ4v) is 3.01. The van der Waals surface area contributed by atoms with E-state index < -0.39 is 22.0 Å². The second-order valence-electron chi connectivity index (χ2n) is 4.46. The molecule has 0 aliphatic rings. The van der Waals surface area contributed by atoms with Crippen molar-refractivity contribution in [1.29, 1.82) is 0 Å². The number of nitrogens with zero attached hydrogens (tertiary/aromatic N) is 1. The number of pyridine rings is 1.